The zero-order valence-electron chi connectivity index (χ0n) is 12.3. The maximum atomic E-state index is 9.34. The van der Waals surface area contributed by atoms with Crippen LogP contribution in [0.4, 0.5) is 0 Å². The Kier molecular flexibility index (Phi) is 28.9. The molecule has 0 heterocycles. The van der Waals surface area contributed by atoms with Gasteiger partial charge < -0.3 is 35.3 Å². The van der Waals surface area contributed by atoms with Gasteiger partial charge in [-0.25, -0.2) is 0 Å². The minimum absolute atomic E-state index is 0. The van der Waals surface area contributed by atoms with E-state index in [4.69, 9.17) is 10.2 Å². The molecule has 1 saturated carbocycles. The normalized spacial score (nSPS) is 13.9. The van der Waals surface area contributed by atoms with Gasteiger partial charge in [-0.1, -0.05) is 25.7 Å². The number of carbonyl (C=O) groups is 2. The Balaban J connectivity index is -0.0000000866. The van der Waals surface area contributed by atoms with Gasteiger partial charge in [-0.05, 0) is 27.9 Å². The molecule has 0 saturated heterocycles. The topological polar surface area (TPSA) is 133 Å². The van der Waals surface area contributed by atoms with E-state index < -0.39 is 24.1 Å². The molecule has 0 aromatic heterocycles. The smallest absolute Gasteiger partial charge is 0.547 e. The minimum atomic E-state index is -1.44. The van der Waals surface area contributed by atoms with Crippen molar-refractivity contribution in [3.05, 3.63) is 0 Å². The fraction of sp³-hybridized carbons (Fsp3) is 0.833. The average molecular weight is 474 g/mol. The Bertz CT molecular complexity index is 198. The van der Waals surface area contributed by atoms with Crippen molar-refractivity contribution in [3.8, 4) is 0 Å². The van der Waals surface area contributed by atoms with Crippen LogP contribution in [0.15, 0.2) is 0 Å². The summed E-state index contributed by atoms with van der Waals surface area (Å²) in [5.74, 6) is -2.87. The molecule has 0 amide bonds. The van der Waals surface area contributed by atoms with E-state index in [-0.39, 0.29) is 21.1 Å². The largest absolute Gasteiger partial charge is 2.00 e. The summed E-state index contributed by atoms with van der Waals surface area (Å²) >= 11 is 0. The van der Waals surface area contributed by atoms with Crippen molar-refractivity contribution in [2.45, 2.75) is 51.7 Å². The fourth-order valence-corrected chi connectivity index (χ4v) is 0.250. The van der Waals surface area contributed by atoms with Crippen LogP contribution in [0.2, 0.25) is 0 Å². The van der Waals surface area contributed by atoms with Crippen molar-refractivity contribution in [2.75, 3.05) is 14.1 Å². The van der Waals surface area contributed by atoms with Crippen molar-refractivity contribution in [1.29, 1.82) is 0 Å². The first-order valence-corrected chi connectivity index (χ1v) is 6.06. The van der Waals surface area contributed by atoms with Crippen molar-refractivity contribution >= 4 is 11.9 Å². The molecule has 7 nitrogen and oxygen atoms in total. The van der Waals surface area contributed by atoms with Crippen molar-refractivity contribution in [2.24, 2.45) is 0 Å². The Labute approximate surface area is 134 Å². The van der Waals surface area contributed by atoms with Crippen LogP contribution in [0.25, 0.3) is 0 Å². The number of nitrogens with one attached hydrogen (secondary N) is 1. The predicted octanol–water partition coefficient (Wildman–Crippen LogP) is -2.37. The molecule has 1 fully saturated rings. The number of aliphatic hydroxyl groups excluding tert-OH is 2. The van der Waals surface area contributed by atoms with Gasteiger partial charge in [-0.15, -0.1) is 0 Å². The third-order valence-electron chi connectivity index (χ3n) is 1.68. The van der Waals surface area contributed by atoms with E-state index in [0.717, 1.165) is 13.8 Å². The van der Waals surface area contributed by atoms with E-state index >= 15 is 0 Å². The maximum Gasteiger partial charge on any atom is 2.00 e. The number of carboxylic acids is 2. The van der Waals surface area contributed by atoms with E-state index in [2.05, 4.69) is 5.32 Å². The molecule has 3 N–H and O–H groups in total. The van der Waals surface area contributed by atoms with Gasteiger partial charge in [0.1, 0.15) is 0 Å². The zero-order chi connectivity index (χ0) is 15.8. The Morgan fingerprint density at radius 2 is 1.00 bits per heavy atom. The van der Waals surface area contributed by atoms with Gasteiger partial charge in [0.25, 0.3) is 0 Å². The van der Waals surface area contributed by atoms with Gasteiger partial charge in [-0.2, -0.15) is 0 Å². The number of rotatable bonds is 2. The number of aliphatic hydroxyl groups is 2. The molecule has 8 heteroatoms. The first kappa shape index (κ1) is 27.8. The van der Waals surface area contributed by atoms with Crippen LogP contribution in [-0.2, 0) is 30.7 Å². The Hall–Kier alpha value is -0.492. The number of carbonyl (C=O) groups excluding carboxylic acids is 2. The van der Waals surface area contributed by atoms with Crippen molar-refractivity contribution in [3.63, 3.8) is 0 Å². The van der Waals surface area contributed by atoms with Gasteiger partial charge in [0, 0.05) is 0 Å². The molecule has 0 aromatic carbocycles. The molecule has 20 heavy (non-hydrogen) atoms. The monoisotopic (exact) mass is 474 g/mol. The number of carboxylic acid groups (broad SMARTS) is 2. The van der Waals surface area contributed by atoms with Crippen LogP contribution in [-0.4, -0.2) is 48.5 Å². The van der Waals surface area contributed by atoms with Crippen LogP contribution >= 0.6 is 0 Å². The molecule has 0 radical (unpaired) electrons. The van der Waals surface area contributed by atoms with E-state index in [0.29, 0.717) is 0 Å². The third-order valence-corrected chi connectivity index (χ3v) is 1.68. The molecule has 2 unspecified atom stereocenters. The molecule has 0 spiro atoms. The van der Waals surface area contributed by atoms with E-state index in [1.54, 1.807) is 0 Å². The molecule has 1 rings (SSSR count). The second-order valence-electron chi connectivity index (χ2n) is 3.90. The first-order chi connectivity index (χ1) is 8.70. The molecule has 124 valence electrons. The van der Waals surface area contributed by atoms with Gasteiger partial charge in [0.15, 0.2) is 0 Å². The number of hydrogen-bond donors (Lipinski definition) is 3. The van der Waals surface area contributed by atoms with Crippen LogP contribution in [0.1, 0.15) is 39.5 Å². The van der Waals surface area contributed by atoms with Crippen molar-refractivity contribution < 1.29 is 51.1 Å². The van der Waals surface area contributed by atoms with Gasteiger partial charge in [0.2, 0.25) is 0 Å². The summed E-state index contributed by atoms with van der Waals surface area (Å²) in [5.41, 5.74) is 0. The summed E-state index contributed by atoms with van der Waals surface area (Å²) in [7, 11) is 3.75. The quantitative estimate of drug-likeness (QED) is 0.408. The van der Waals surface area contributed by atoms with Crippen LogP contribution in [0.3, 0.4) is 0 Å². The SMILES string of the molecule is C1CCC1.CC(O)C(=O)[O-].CC(O)C(=O)[O-].CNC.[Pt+2]. The van der Waals surface area contributed by atoms with Crippen LogP contribution < -0.4 is 15.5 Å². The van der Waals surface area contributed by atoms with Crippen LogP contribution in [0, 0.1) is 0 Å². The molecule has 2 atom stereocenters. The maximum absolute atomic E-state index is 9.34. The minimum Gasteiger partial charge on any atom is -0.547 e. The Morgan fingerprint density at radius 1 is 0.900 bits per heavy atom. The third kappa shape index (κ3) is 36.0. The van der Waals surface area contributed by atoms with Crippen LogP contribution in [0.5, 0.6) is 0 Å². The standard InChI is InChI=1S/C4H8.2C3H6O3.C2H7N.Pt/c1-2-4-3-1;2*1-2(4)3(5)6;1-3-2;/h1-4H2;2*2,4H,1H3,(H,5,6);3H,1-2H3;/q;;;;+2/p-2. The van der Waals surface area contributed by atoms with E-state index in [1.807, 2.05) is 14.1 Å². The molecule has 0 aromatic rings. The summed E-state index contributed by atoms with van der Waals surface area (Å²) in [6.45, 7) is 2.27. The zero-order valence-corrected chi connectivity index (χ0v) is 14.6. The number of aliphatic carboxylic acids is 2. The van der Waals surface area contributed by atoms with Gasteiger partial charge >= 0.3 is 21.1 Å². The molecular weight excluding hydrogens is 449 g/mol. The molecule has 1 aliphatic carbocycles. The van der Waals surface area contributed by atoms with Crippen molar-refractivity contribution in [1.82, 2.24) is 5.32 Å². The average Bonchev–Trinajstić information content (AvgIpc) is 2.16. The molecule has 0 bridgehead atoms. The second-order valence-corrected chi connectivity index (χ2v) is 3.90. The van der Waals surface area contributed by atoms with E-state index in [1.165, 1.54) is 25.7 Å². The second kappa shape index (κ2) is 20.8. The molecule has 1 aliphatic rings. The fourth-order valence-electron chi connectivity index (χ4n) is 0.250. The molecular formula is C12H25NO6Pt. The molecule has 0 aliphatic heterocycles. The first-order valence-electron chi connectivity index (χ1n) is 6.06. The number of hydrogen-bond acceptors (Lipinski definition) is 7. The summed E-state index contributed by atoms with van der Waals surface area (Å²) in [6.07, 6.45) is 3.31. The van der Waals surface area contributed by atoms with Gasteiger partial charge in [-0.3, -0.25) is 0 Å². The summed E-state index contributed by atoms with van der Waals surface area (Å²) in [4.78, 5) is 18.7. The predicted molar refractivity (Wildman–Crippen MR) is 66.8 cm³/mol. The summed E-state index contributed by atoms with van der Waals surface area (Å²) < 4.78 is 0. The Morgan fingerprint density at radius 3 is 1.00 bits per heavy atom. The van der Waals surface area contributed by atoms with E-state index in [9.17, 15) is 19.8 Å². The van der Waals surface area contributed by atoms with Gasteiger partial charge in [0.05, 0.1) is 24.1 Å². The summed E-state index contributed by atoms with van der Waals surface area (Å²) in [6, 6.07) is 0. The summed E-state index contributed by atoms with van der Waals surface area (Å²) in [5, 5.41) is 37.4.